The highest BCUT2D eigenvalue weighted by atomic mass is 16.4. The molecule has 0 bridgehead atoms. The molecule has 84 valence electrons. The molecule has 1 aromatic rings. The van der Waals surface area contributed by atoms with Crippen molar-refractivity contribution in [2.75, 3.05) is 0 Å². The summed E-state index contributed by atoms with van der Waals surface area (Å²) in [7, 11) is 0. The molecule has 0 heterocycles. The minimum Gasteiger partial charge on any atom is -0.481 e. The molecule has 1 aromatic carbocycles. The van der Waals surface area contributed by atoms with Gasteiger partial charge in [-0.15, -0.1) is 0 Å². The fraction of sp³-hybridized carbons (Fsp3) is 0.333. The molecule has 4 heteroatoms. The second-order valence-corrected chi connectivity index (χ2v) is 4.01. The number of amides is 1. The number of carbonyl (C=O) groups excluding carboxylic acids is 1. The lowest BCUT2D eigenvalue weighted by Crippen LogP contribution is -2.24. The van der Waals surface area contributed by atoms with Crippen LogP contribution < -0.4 is 5.32 Å². The molecule has 1 amide bonds. The van der Waals surface area contributed by atoms with Crippen LogP contribution in [0.2, 0.25) is 0 Å². The molecule has 1 aliphatic carbocycles. The van der Waals surface area contributed by atoms with Gasteiger partial charge in [0.1, 0.15) is 0 Å². The van der Waals surface area contributed by atoms with Crippen molar-refractivity contribution in [1.82, 2.24) is 5.32 Å². The number of rotatable bonds is 2. The third-order valence-electron chi connectivity index (χ3n) is 2.89. The molecule has 0 aliphatic heterocycles. The second-order valence-electron chi connectivity index (χ2n) is 4.01. The number of carbonyl (C=O) groups is 2. The van der Waals surface area contributed by atoms with Crippen LogP contribution in [-0.4, -0.2) is 17.0 Å². The first-order chi connectivity index (χ1) is 7.59. The van der Waals surface area contributed by atoms with Crippen LogP contribution >= 0.6 is 0 Å². The maximum Gasteiger partial charge on any atom is 0.311 e. The number of hydrogen-bond acceptors (Lipinski definition) is 2. The van der Waals surface area contributed by atoms with Crippen LogP contribution in [0.5, 0.6) is 0 Å². The Morgan fingerprint density at radius 3 is 2.50 bits per heavy atom. The zero-order chi connectivity index (χ0) is 11.7. The topological polar surface area (TPSA) is 66.4 Å². The fourth-order valence-electron chi connectivity index (χ4n) is 2.25. The van der Waals surface area contributed by atoms with E-state index in [1.165, 1.54) is 6.92 Å². The average Bonchev–Trinajstić information content (AvgIpc) is 2.57. The van der Waals surface area contributed by atoms with Gasteiger partial charge in [0, 0.05) is 6.92 Å². The lowest BCUT2D eigenvalue weighted by atomic mass is 10.0. The van der Waals surface area contributed by atoms with Crippen molar-refractivity contribution in [3.05, 3.63) is 35.4 Å². The van der Waals surface area contributed by atoms with Crippen molar-refractivity contribution in [2.24, 2.45) is 0 Å². The SMILES string of the molecule is CC(=O)NC1CC(C(=O)O)c2ccccc21. The van der Waals surface area contributed by atoms with Gasteiger partial charge in [0.05, 0.1) is 12.0 Å². The largest absolute Gasteiger partial charge is 0.481 e. The van der Waals surface area contributed by atoms with Gasteiger partial charge in [-0.1, -0.05) is 24.3 Å². The third kappa shape index (κ3) is 1.78. The standard InChI is InChI=1S/C12H13NO3/c1-7(14)13-11-6-10(12(15)16)8-4-2-3-5-9(8)11/h2-5,10-11H,6H2,1H3,(H,13,14)(H,15,16). The van der Waals surface area contributed by atoms with Gasteiger partial charge in [0.25, 0.3) is 0 Å². The van der Waals surface area contributed by atoms with E-state index < -0.39 is 11.9 Å². The van der Waals surface area contributed by atoms with Crippen LogP contribution in [0, 0.1) is 0 Å². The molecule has 0 radical (unpaired) electrons. The summed E-state index contributed by atoms with van der Waals surface area (Å²) in [5.41, 5.74) is 1.74. The van der Waals surface area contributed by atoms with E-state index in [4.69, 9.17) is 5.11 Å². The Balaban J connectivity index is 2.35. The van der Waals surface area contributed by atoms with Crippen molar-refractivity contribution in [2.45, 2.75) is 25.3 Å². The number of carboxylic acid groups (broad SMARTS) is 1. The highest BCUT2D eigenvalue weighted by molar-refractivity contribution is 5.79. The van der Waals surface area contributed by atoms with Gasteiger partial charge in [0.2, 0.25) is 5.91 Å². The molecule has 0 fully saturated rings. The summed E-state index contributed by atoms with van der Waals surface area (Å²) in [5.74, 6) is -1.47. The maximum absolute atomic E-state index is 11.1. The Morgan fingerprint density at radius 2 is 1.94 bits per heavy atom. The lowest BCUT2D eigenvalue weighted by Gasteiger charge is -2.11. The van der Waals surface area contributed by atoms with Gasteiger partial charge in [-0.2, -0.15) is 0 Å². The highest BCUT2D eigenvalue weighted by Gasteiger charge is 2.35. The number of nitrogens with one attached hydrogen (secondary N) is 1. The normalized spacial score (nSPS) is 22.6. The Hall–Kier alpha value is -1.84. The van der Waals surface area contributed by atoms with Crippen molar-refractivity contribution < 1.29 is 14.7 Å². The second kappa shape index (κ2) is 3.96. The molecule has 0 spiro atoms. The first-order valence-electron chi connectivity index (χ1n) is 5.18. The molecular formula is C12H13NO3. The molecular weight excluding hydrogens is 206 g/mol. The summed E-state index contributed by atoms with van der Waals surface area (Å²) >= 11 is 0. The van der Waals surface area contributed by atoms with Gasteiger partial charge >= 0.3 is 5.97 Å². The minimum absolute atomic E-state index is 0.133. The molecule has 2 rings (SSSR count). The number of fused-ring (bicyclic) bond motifs is 1. The fourth-order valence-corrected chi connectivity index (χ4v) is 2.25. The summed E-state index contributed by atoms with van der Waals surface area (Å²) in [4.78, 5) is 22.1. The maximum atomic E-state index is 11.1. The zero-order valence-corrected chi connectivity index (χ0v) is 8.93. The molecule has 0 saturated heterocycles. The molecule has 2 N–H and O–H groups in total. The summed E-state index contributed by atoms with van der Waals surface area (Å²) in [6, 6.07) is 7.20. The summed E-state index contributed by atoms with van der Waals surface area (Å²) in [6.45, 7) is 1.44. The quantitative estimate of drug-likeness (QED) is 0.790. The van der Waals surface area contributed by atoms with Crippen molar-refractivity contribution >= 4 is 11.9 Å². The van der Waals surface area contributed by atoms with Crippen LogP contribution in [0.25, 0.3) is 0 Å². The van der Waals surface area contributed by atoms with Crippen LogP contribution in [0.3, 0.4) is 0 Å². The number of benzene rings is 1. The van der Waals surface area contributed by atoms with Crippen molar-refractivity contribution in [1.29, 1.82) is 0 Å². The van der Waals surface area contributed by atoms with Gasteiger partial charge in [0.15, 0.2) is 0 Å². The monoisotopic (exact) mass is 219 g/mol. The summed E-state index contributed by atoms with van der Waals surface area (Å²) in [5, 5.41) is 11.9. The summed E-state index contributed by atoms with van der Waals surface area (Å²) < 4.78 is 0. The molecule has 2 unspecified atom stereocenters. The Bertz CT molecular complexity index is 442. The number of hydrogen-bond donors (Lipinski definition) is 2. The zero-order valence-electron chi connectivity index (χ0n) is 8.93. The molecule has 0 saturated carbocycles. The molecule has 16 heavy (non-hydrogen) atoms. The Labute approximate surface area is 93.3 Å². The van der Waals surface area contributed by atoms with Gasteiger partial charge in [-0.25, -0.2) is 0 Å². The van der Waals surface area contributed by atoms with Gasteiger partial charge < -0.3 is 10.4 Å². The van der Waals surface area contributed by atoms with Crippen LogP contribution in [0.15, 0.2) is 24.3 Å². The molecule has 4 nitrogen and oxygen atoms in total. The Kier molecular flexibility index (Phi) is 2.64. The van der Waals surface area contributed by atoms with E-state index in [-0.39, 0.29) is 11.9 Å². The smallest absolute Gasteiger partial charge is 0.311 e. The lowest BCUT2D eigenvalue weighted by molar-refractivity contribution is -0.139. The van der Waals surface area contributed by atoms with E-state index >= 15 is 0 Å². The minimum atomic E-state index is -0.833. The van der Waals surface area contributed by atoms with E-state index in [1.807, 2.05) is 24.3 Å². The van der Waals surface area contributed by atoms with E-state index in [0.717, 1.165) is 11.1 Å². The van der Waals surface area contributed by atoms with Crippen LogP contribution in [0.4, 0.5) is 0 Å². The number of carboxylic acids is 1. The van der Waals surface area contributed by atoms with E-state index in [2.05, 4.69) is 5.32 Å². The van der Waals surface area contributed by atoms with Crippen LogP contribution in [-0.2, 0) is 9.59 Å². The average molecular weight is 219 g/mol. The first kappa shape index (κ1) is 10.7. The first-order valence-corrected chi connectivity index (χ1v) is 5.18. The van der Waals surface area contributed by atoms with Gasteiger partial charge in [-0.05, 0) is 17.5 Å². The third-order valence-corrected chi connectivity index (χ3v) is 2.89. The summed E-state index contributed by atoms with van der Waals surface area (Å²) in [6.07, 6.45) is 0.439. The van der Waals surface area contributed by atoms with Crippen molar-refractivity contribution in [3.8, 4) is 0 Å². The van der Waals surface area contributed by atoms with Crippen LogP contribution in [0.1, 0.15) is 36.4 Å². The molecule has 2 atom stereocenters. The van der Waals surface area contributed by atoms with E-state index in [0.29, 0.717) is 6.42 Å². The van der Waals surface area contributed by atoms with Crippen molar-refractivity contribution in [3.63, 3.8) is 0 Å². The molecule has 0 aromatic heterocycles. The highest BCUT2D eigenvalue weighted by Crippen LogP contribution is 2.40. The Morgan fingerprint density at radius 1 is 1.31 bits per heavy atom. The van der Waals surface area contributed by atoms with Gasteiger partial charge in [-0.3, -0.25) is 9.59 Å². The molecule has 1 aliphatic rings. The van der Waals surface area contributed by atoms with E-state index in [9.17, 15) is 9.59 Å². The predicted octanol–water partition coefficient (Wildman–Crippen LogP) is 1.44. The van der Waals surface area contributed by atoms with E-state index in [1.54, 1.807) is 0 Å². The number of aliphatic carboxylic acids is 1. The predicted molar refractivity (Wildman–Crippen MR) is 58.0 cm³/mol.